The molecule has 6 aromatic carbocycles. The molecular weight excluding hydrogens is 669 g/mol. The van der Waals surface area contributed by atoms with E-state index >= 15 is 0 Å². The largest absolute Gasteiger partial charge is 0.340 e. The van der Waals surface area contributed by atoms with Crippen LogP contribution in [0.15, 0.2) is 108 Å². The maximum absolute atomic E-state index is 14.7. The number of hydrogen-bond donors (Lipinski definition) is 0. The maximum Gasteiger partial charge on any atom is 0.332 e. The Morgan fingerprint density at radius 2 is 1.41 bits per heavy atom. The van der Waals surface area contributed by atoms with Gasteiger partial charge in [0, 0.05) is 57.4 Å². The van der Waals surface area contributed by atoms with Gasteiger partial charge in [0.1, 0.15) is 0 Å². The molecule has 0 aliphatic rings. The van der Waals surface area contributed by atoms with E-state index < -0.39 is 5.97 Å². The van der Waals surface area contributed by atoms with E-state index in [-0.39, 0.29) is 17.3 Å². The molecule has 7 rings (SSSR count). The molecule has 0 fully saturated rings. The van der Waals surface area contributed by atoms with Crippen molar-refractivity contribution in [1.82, 2.24) is 4.57 Å². The van der Waals surface area contributed by atoms with Crippen molar-refractivity contribution in [2.24, 2.45) is 11.1 Å². The molecule has 0 aliphatic heterocycles. The van der Waals surface area contributed by atoms with Crippen LogP contribution >= 0.6 is 0 Å². The molecule has 0 spiro atoms. The van der Waals surface area contributed by atoms with Crippen molar-refractivity contribution in [1.29, 1.82) is 0 Å². The second-order valence-corrected chi connectivity index (χ2v) is 14.6. The lowest BCUT2D eigenvalue weighted by molar-refractivity contribution is -0.140. The number of carbonyl (C=O) groups excluding carboxylic acids is 3. The van der Waals surface area contributed by atoms with Crippen LogP contribution in [0.2, 0.25) is 0 Å². The van der Waals surface area contributed by atoms with Gasteiger partial charge < -0.3 is 9.40 Å². The SMILES string of the molecule is CCCCC(CC)Cn1c2ccc(C(=O)/C(=N\OC(C)=O)c3cccc4ccccc34)cc2c2cc(C(=O)c3c(C)cc(C)cc3C)c3ccccc3c21. The lowest BCUT2D eigenvalue weighted by Gasteiger charge is -2.19. The van der Waals surface area contributed by atoms with Gasteiger partial charge in [-0.2, -0.15) is 0 Å². The van der Waals surface area contributed by atoms with E-state index in [9.17, 15) is 14.4 Å². The zero-order chi connectivity index (χ0) is 38.1. The van der Waals surface area contributed by atoms with Crippen LogP contribution in [0.4, 0.5) is 0 Å². The van der Waals surface area contributed by atoms with Crippen LogP contribution in [0, 0.1) is 26.7 Å². The van der Waals surface area contributed by atoms with E-state index in [2.05, 4.69) is 48.7 Å². The van der Waals surface area contributed by atoms with Crippen LogP contribution in [0.5, 0.6) is 0 Å². The number of ketones is 2. The summed E-state index contributed by atoms with van der Waals surface area (Å²) in [5, 5.41) is 9.61. The highest BCUT2D eigenvalue weighted by molar-refractivity contribution is 6.53. The maximum atomic E-state index is 14.7. The Morgan fingerprint density at radius 1 is 0.722 bits per heavy atom. The van der Waals surface area contributed by atoms with E-state index in [0.29, 0.717) is 22.6 Å². The summed E-state index contributed by atoms with van der Waals surface area (Å²) >= 11 is 0. The normalized spacial score (nSPS) is 12.5. The molecule has 54 heavy (non-hydrogen) atoms. The van der Waals surface area contributed by atoms with Gasteiger partial charge in [0.25, 0.3) is 0 Å². The van der Waals surface area contributed by atoms with Crippen molar-refractivity contribution in [3.63, 3.8) is 0 Å². The van der Waals surface area contributed by atoms with Crippen molar-refractivity contribution in [2.45, 2.75) is 73.8 Å². The first kappa shape index (κ1) is 36.5. The average molecular weight is 715 g/mol. The quantitative estimate of drug-likeness (QED) is 0.0546. The zero-order valence-corrected chi connectivity index (χ0v) is 32.0. The fraction of sp³-hybridized carbons (Fsp3) is 0.250. The van der Waals surface area contributed by atoms with E-state index in [1.54, 1.807) is 0 Å². The summed E-state index contributed by atoms with van der Waals surface area (Å²) in [5.74, 6) is -0.544. The van der Waals surface area contributed by atoms with Gasteiger partial charge in [-0.25, -0.2) is 4.79 Å². The predicted molar refractivity (Wildman–Crippen MR) is 221 cm³/mol. The third-order valence-electron chi connectivity index (χ3n) is 10.8. The topological polar surface area (TPSA) is 77.7 Å². The first-order valence-corrected chi connectivity index (χ1v) is 19.0. The molecule has 1 atom stereocenters. The number of oxime groups is 1. The molecule has 6 nitrogen and oxygen atoms in total. The fourth-order valence-corrected chi connectivity index (χ4v) is 8.22. The minimum Gasteiger partial charge on any atom is -0.340 e. The molecule has 1 unspecified atom stereocenters. The molecule has 0 N–H and O–H groups in total. The molecule has 0 amide bonds. The highest BCUT2D eigenvalue weighted by Gasteiger charge is 2.25. The Hall–Kier alpha value is -5.88. The number of hydrogen-bond acceptors (Lipinski definition) is 5. The Morgan fingerprint density at radius 3 is 2.11 bits per heavy atom. The summed E-state index contributed by atoms with van der Waals surface area (Å²) in [6.07, 6.45) is 4.45. The van der Waals surface area contributed by atoms with Crippen LogP contribution in [0.1, 0.15) is 95.0 Å². The van der Waals surface area contributed by atoms with Gasteiger partial charge in [-0.1, -0.05) is 123 Å². The number of fused-ring (bicyclic) bond motifs is 6. The monoisotopic (exact) mass is 714 g/mol. The van der Waals surface area contributed by atoms with Crippen LogP contribution in [0.25, 0.3) is 43.4 Å². The summed E-state index contributed by atoms with van der Waals surface area (Å²) in [5.41, 5.74) is 7.45. The highest BCUT2D eigenvalue weighted by Crippen LogP contribution is 2.39. The Balaban J connectivity index is 1.49. The molecule has 0 aliphatic carbocycles. The Labute approximate surface area is 316 Å². The zero-order valence-electron chi connectivity index (χ0n) is 32.0. The molecule has 0 saturated heterocycles. The Bertz CT molecular complexity index is 2620. The summed E-state index contributed by atoms with van der Waals surface area (Å²) in [4.78, 5) is 46.4. The molecule has 6 heteroatoms. The van der Waals surface area contributed by atoms with Gasteiger partial charge in [-0.15, -0.1) is 0 Å². The van der Waals surface area contributed by atoms with Crippen molar-refractivity contribution < 1.29 is 19.2 Å². The minimum absolute atomic E-state index is 0.0163. The summed E-state index contributed by atoms with van der Waals surface area (Å²) in [7, 11) is 0. The second-order valence-electron chi connectivity index (χ2n) is 14.6. The smallest absolute Gasteiger partial charge is 0.332 e. The Kier molecular flexibility index (Phi) is 10.3. The predicted octanol–water partition coefficient (Wildman–Crippen LogP) is 11.6. The fourth-order valence-electron chi connectivity index (χ4n) is 8.22. The van der Waals surface area contributed by atoms with Gasteiger partial charge in [0.05, 0.1) is 5.52 Å². The molecule has 272 valence electrons. The first-order valence-electron chi connectivity index (χ1n) is 19.0. The minimum atomic E-state index is -0.615. The van der Waals surface area contributed by atoms with Crippen molar-refractivity contribution in [3.05, 3.63) is 142 Å². The summed E-state index contributed by atoms with van der Waals surface area (Å²) in [6, 6.07) is 33.6. The van der Waals surface area contributed by atoms with E-state index in [1.165, 1.54) is 6.92 Å². The van der Waals surface area contributed by atoms with E-state index in [0.717, 1.165) is 97.8 Å². The van der Waals surface area contributed by atoms with E-state index in [1.807, 2.05) is 98.8 Å². The number of benzene rings is 6. The van der Waals surface area contributed by atoms with Gasteiger partial charge in [-0.3, -0.25) is 9.59 Å². The number of carbonyl (C=O) groups is 3. The van der Waals surface area contributed by atoms with Gasteiger partial charge in [-0.05, 0) is 84.7 Å². The van der Waals surface area contributed by atoms with Crippen LogP contribution < -0.4 is 0 Å². The van der Waals surface area contributed by atoms with Crippen LogP contribution in [-0.2, 0) is 16.2 Å². The van der Waals surface area contributed by atoms with Gasteiger partial charge >= 0.3 is 5.97 Å². The average Bonchev–Trinajstić information content (AvgIpc) is 3.47. The van der Waals surface area contributed by atoms with Gasteiger partial charge in [0.15, 0.2) is 11.5 Å². The molecule has 0 bridgehead atoms. The third kappa shape index (κ3) is 6.73. The third-order valence-corrected chi connectivity index (χ3v) is 10.8. The van der Waals surface area contributed by atoms with Crippen molar-refractivity contribution >= 4 is 66.6 Å². The second kappa shape index (κ2) is 15.2. The number of unbranched alkanes of at least 4 members (excludes halogenated alkanes) is 1. The van der Waals surface area contributed by atoms with Crippen LogP contribution in [-0.4, -0.2) is 27.8 Å². The van der Waals surface area contributed by atoms with Crippen molar-refractivity contribution in [2.75, 3.05) is 0 Å². The number of aryl methyl sites for hydroxylation is 3. The van der Waals surface area contributed by atoms with E-state index in [4.69, 9.17) is 4.84 Å². The molecule has 1 heterocycles. The molecule has 1 aromatic heterocycles. The van der Waals surface area contributed by atoms with Crippen LogP contribution in [0.3, 0.4) is 0 Å². The summed E-state index contributed by atoms with van der Waals surface area (Å²) < 4.78 is 2.40. The number of aromatic nitrogens is 1. The molecule has 7 aromatic rings. The number of nitrogens with zero attached hydrogens (tertiary/aromatic N) is 2. The number of rotatable bonds is 12. The first-order chi connectivity index (χ1) is 26.1. The van der Waals surface area contributed by atoms with Gasteiger partial charge in [0.2, 0.25) is 5.78 Å². The highest BCUT2D eigenvalue weighted by atomic mass is 16.7. The van der Waals surface area contributed by atoms with Crippen molar-refractivity contribution in [3.8, 4) is 0 Å². The standard InChI is InChI=1S/C48H46N2O4/c1-7-9-15-33(8-2)28-50-43-23-22-35(47(52)45(49-54-32(6)51)38-21-14-17-34-16-10-11-18-36(34)38)26-40(43)41-27-42(37-19-12-13-20-39(37)46(41)50)48(53)44-30(4)24-29(3)25-31(44)5/h10-14,16-27,33H,7-9,15,28H2,1-6H3/b49-45-. The molecular formula is C48H46N2O4. The lowest BCUT2D eigenvalue weighted by Crippen LogP contribution is -2.17. The summed E-state index contributed by atoms with van der Waals surface area (Å²) in [6.45, 7) is 12.6. The lowest BCUT2D eigenvalue weighted by atomic mass is 9.89. The number of Topliss-reactive ketones (excluding diaryl/α,β-unsaturated/α-hetero) is 1. The molecule has 0 radical (unpaired) electrons. The molecule has 0 saturated carbocycles.